The molecule has 3 rings (SSSR count). The molecule has 118 valence electrons. The molecule has 1 aromatic heterocycles. The summed E-state index contributed by atoms with van der Waals surface area (Å²) in [6.07, 6.45) is 5.36. The van der Waals surface area contributed by atoms with E-state index < -0.39 is 5.97 Å². The summed E-state index contributed by atoms with van der Waals surface area (Å²) in [5.41, 5.74) is 1.88. The van der Waals surface area contributed by atoms with E-state index in [0.29, 0.717) is 30.9 Å². The molecular formula is C16H15N3O4. The molecule has 0 radical (unpaired) electrons. The third kappa shape index (κ3) is 3.70. The Morgan fingerprint density at radius 1 is 1.30 bits per heavy atom. The van der Waals surface area contributed by atoms with Gasteiger partial charge in [0.25, 0.3) is 0 Å². The maximum absolute atomic E-state index is 11.4. The minimum atomic E-state index is -1.14. The van der Waals surface area contributed by atoms with E-state index in [0.717, 1.165) is 5.56 Å². The molecule has 0 spiro atoms. The number of aliphatic carboxylic acids is 1. The van der Waals surface area contributed by atoms with Crippen LogP contribution in [0.1, 0.15) is 12.0 Å². The third-order valence-electron chi connectivity index (χ3n) is 3.40. The molecule has 7 heteroatoms. The molecule has 0 amide bonds. The quantitative estimate of drug-likeness (QED) is 0.667. The van der Waals surface area contributed by atoms with Crippen LogP contribution in [0.25, 0.3) is 11.3 Å². The molecule has 0 aliphatic carbocycles. The fourth-order valence-electron chi connectivity index (χ4n) is 2.19. The molecule has 1 fully saturated rings. The summed E-state index contributed by atoms with van der Waals surface area (Å²) in [5.74, 6) is -1.14. The smallest absolute Gasteiger partial charge is 0.358 e. The van der Waals surface area contributed by atoms with Gasteiger partial charge in [0.2, 0.25) is 0 Å². The topological polar surface area (TPSA) is 93.9 Å². The van der Waals surface area contributed by atoms with E-state index in [-0.39, 0.29) is 11.8 Å². The fraction of sp³-hybridized carbons (Fsp3) is 0.250. The number of ether oxygens (including phenoxy) is 1. The number of carbonyl (C=O) groups is 1. The lowest BCUT2D eigenvalue weighted by atomic mass is 10.1. The molecule has 0 saturated carbocycles. The fourth-order valence-corrected chi connectivity index (χ4v) is 2.19. The Bertz CT molecular complexity index is 695. The zero-order valence-corrected chi connectivity index (χ0v) is 12.3. The molecule has 2 heterocycles. The highest BCUT2D eigenvalue weighted by Gasteiger charge is 2.19. The minimum absolute atomic E-state index is 0.136. The first-order valence-corrected chi connectivity index (χ1v) is 7.16. The van der Waals surface area contributed by atoms with Gasteiger partial charge in [-0.15, -0.1) is 0 Å². The first kappa shape index (κ1) is 15.1. The molecule has 1 aromatic carbocycles. The second-order valence-electron chi connectivity index (χ2n) is 5.00. The largest absolute Gasteiger partial charge is 0.476 e. The second kappa shape index (κ2) is 6.97. The van der Waals surface area contributed by atoms with Gasteiger partial charge in [0.15, 0.2) is 11.8 Å². The Labute approximate surface area is 132 Å². The lowest BCUT2D eigenvalue weighted by molar-refractivity contribution is -0.129. The molecule has 2 aromatic rings. The van der Waals surface area contributed by atoms with Crippen molar-refractivity contribution in [2.45, 2.75) is 12.5 Å². The summed E-state index contributed by atoms with van der Waals surface area (Å²) in [4.78, 5) is 24.9. The van der Waals surface area contributed by atoms with Crippen molar-refractivity contribution in [1.82, 2.24) is 9.97 Å². The first-order valence-electron chi connectivity index (χ1n) is 7.16. The maximum Gasteiger partial charge on any atom is 0.358 e. The van der Waals surface area contributed by atoms with Crippen LogP contribution in [0, 0.1) is 0 Å². The van der Waals surface area contributed by atoms with E-state index in [9.17, 15) is 9.90 Å². The van der Waals surface area contributed by atoms with Crippen molar-refractivity contribution in [3.8, 4) is 11.3 Å². The summed E-state index contributed by atoms with van der Waals surface area (Å²) in [5, 5.41) is 13.1. The molecule has 1 atom stereocenters. The SMILES string of the molecule is O=C(O)C(=NO[C@@H]1CCOC1)c1ccc(-c2cnccn2)cc1. The molecule has 7 nitrogen and oxygen atoms in total. The highest BCUT2D eigenvalue weighted by atomic mass is 16.7. The second-order valence-corrected chi connectivity index (χ2v) is 5.00. The van der Waals surface area contributed by atoms with E-state index in [1.807, 2.05) is 0 Å². The molecule has 0 unspecified atom stereocenters. The molecule has 1 saturated heterocycles. The number of carboxylic acid groups (broad SMARTS) is 1. The van der Waals surface area contributed by atoms with Crippen LogP contribution in [-0.4, -0.2) is 46.1 Å². The van der Waals surface area contributed by atoms with E-state index in [4.69, 9.17) is 9.57 Å². The van der Waals surface area contributed by atoms with Gasteiger partial charge in [-0.25, -0.2) is 4.79 Å². The number of rotatable bonds is 5. The predicted molar refractivity (Wildman–Crippen MR) is 81.9 cm³/mol. The lowest BCUT2D eigenvalue weighted by Gasteiger charge is -2.07. The number of nitrogens with zero attached hydrogens (tertiary/aromatic N) is 3. The van der Waals surface area contributed by atoms with Gasteiger partial charge in [-0.05, 0) is 0 Å². The van der Waals surface area contributed by atoms with E-state index in [1.54, 1.807) is 42.9 Å². The van der Waals surface area contributed by atoms with Gasteiger partial charge >= 0.3 is 5.97 Å². The summed E-state index contributed by atoms with van der Waals surface area (Å²) < 4.78 is 5.17. The van der Waals surface area contributed by atoms with Gasteiger partial charge < -0.3 is 14.7 Å². The number of oxime groups is 1. The average molecular weight is 313 g/mol. The van der Waals surface area contributed by atoms with Crippen LogP contribution in [0.15, 0.2) is 48.0 Å². The third-order valence-corrected chi connectivity index (χ3v) is 3.40. The van der Waals surface area contributed by atoms with Crippen LogP contribution in [-0.2, 0) is 14.4 Å². The van der Waals surface area contributed by atoms with Crippen LogP contribution < -0.4 is 0 Å². The minimum Gasteiger partial charge on any atom is -0.476 e. The lowest BCUT2D eigenvalue weighted by Crippen LogP contribution is -2.17. The molecule has 1 N–H and O–H groups in total. The van der Waals surface area contributed by atoms with Gasteiger partial charge in [-0.2, -0.15) is 0 Å². The van der Waals surface area contributed by atoms with E-state index in [2.05, 4.69) is 15.1 Å². The summed E-state index contributed by atoms with van der Waals surface area (Å²) in [7, 11) is 0. The maximum atomic E-state index is 11.4. The Morgan fingerprint density at radius 3 is 2.74 bits per heavy atom. The summed E-state index contributed by atoms with van der Waals surface area (Å²) in [6, 6.07) is 6.89. The molecular weight excluding hydrogens is 298 g/mol. The normalized spacial score (nSPS) is 17.9. The summed E-state index contributed by atoms with van der Waals surface area (Å²) in [6.45, 7) is 1.04. The van der Waals surface area contributed by atoms with Crippen LogP contribution in [0.4, 0.5) is 0 Å². The van der Waals surface area contributed by atoms with Gasteiger partial charge in [0, 0.05) is 29.9 Å². The Hall–Kier alpha value is -2.80. The van der Waals surface area contributed by atoms with E-state index in [1.165, 1.54) is 0 Å². The van der Waals surface area contributed by atoms with Gasteiger partial charge in [-0.1, -0.05) is 29.4 Å². The molecule has 23 heavy (non-hydrogen) atoms. The highest BCUT2D eigenvalue weighted by Crippen LogP contribution is 2.17. The van der Waals surface area contributed by atoms with Gasteiger partial charge in [-0.3, -0.25) is 9.97 Å². The molecule has 1 aliphatic heterocycles. The predicted octanol–water partition coefficient (Wildman–Crippen LogP) is 1.74. The van der Waals surface area contributed by atoms with E-state index >= 15 is 0 Å². The van der Waals surface area contributed by atoms with Crippen LogP contribution in [0.2, 0.25) is 0 Å². The van der Waals surface area contributed by atoms with Crippen molar-refractivity contribution >= 4 is 11.7 Å². The number of aromatic nitrogens is 2. The van der Waals surface area contributed by atoms with Crippen molar-refractivity contribution in [2.75, 3.05) is 13.2 Å². The summed E-state index contributed by atoms with van der Waals surface area (Å²) >= 11 is 0. The van der Waals surface area contributed by atoms with Crippen LogP contribution >= 0.6 is 0 Å². The van der Waals surface area contributed by atoms with Crippen molar-refractivity contribution in [1.29, 1.82) is 0 Å². The number of benzene rings is 1. The van der Waals surface area contributed by atoms with Crippen molar-refractivity contribution in [3.63, 3.8) is 0 Å². The van der Waals surface area contributed by atoms with Gasteiger partial charge in [0.05, 0.1) is 25.1 Å². The number of hydrogen-bond donors (Lipinski definition) is 1. The molecule has 1 aliphatic rings. The monoisotopic (exact) mass is 313 g/mol. The van der Waals surface area contributed by atoms with Crippen molar-refractivity contribution in [3.05, 3.63) is 48.4 Å². The first-order chi connectivity index (χ1) is 11.2. The average Bonchev–Trinajstić information content (AvgIpc) is 3.10. The zero-order chi connectivity index (χ0) is 16.1. The van der Waals surface area contributed by atoms with Crippen LogP contribution in [0.3, 0.4) is 0 Å². The van der Waals surface area contributed by atoms with Gasteiger partial charge in [0.1, 0.15) is 0 Å². The zero-order valence-electron chi connectivity index (χ0n) is 12.3. The van der Waals surface area contributed by atoms with Crippen LogP contribution in [0.5, 0.6) is 0 Å². The number of carboxylic acids is 1. The Kier molecular flexibility index (Phi) is 4.58. The van der Waals surface area contributed by atoms with Crippen molar-refractivity contribution in [2.24, 2.45) is 5.16 Å². The standard InChI is InChI=1S/C16H15N3O4/c20-16(21)15(19-23-13-5-8-22-10-13)12-3-1-11(2-4-12)14-9-17-6-7-18-14/h1-4,6-7,9,13H,5,8,10H2,(H,20,21)/t13-/m1/s1. The molecule has 0 bridgehead atoms. The Balaban J connectivity index is 1.80. The van der Waals surface area contributed by atoms with Crippen molar-refractivity contribution < 1.29 is 19.5 Å². The number of hydrogen-bond acceptors (Lipinski definition) is 6. The highest BCUT2D eigenvalue weighted by molar-refractivity contribution is 6.42. The Morgan fingerprint density at radius 2 is 2.13 bits per heavy atom.